The van der Waals surface area contributed by atoms with Gasteiger partial charge in [0.15, 0.2) is 0 Å². The van der Waals surface area contributed by atoms with E-state index in [0.717, 1.165) is 38.0 Å². The largest absolute Gasteiger partial charge is 0.381 e. The van der Waals surface area contributed by atoms with Crippen LogP contribution in [0.4, 0.5) is 0 Å². The number of nitrogens with one attached hydrogen (secondary N) is 1. The van der Waals surface area contributed by atoms with Crippen LogP contribution in [0, 0.1) is 11.3 Å². The van der Waals surface area contributed by atoms with Gasteiger partial charge < -0.3 is 15.0 Å². The number of carbonyl (C=O) groups excluding carboxylic acids is 2. The van der Waals surface area contributed by atoms with E-state index in [-0.39, 0.29) is 23.1 Å². The second-order valence-corrected chi connectivity index (χ2v) is 7.09. The summed E-state index contributed by atoms with van der Waals surface area (Å²) in [5.74, 6) is -0.00500. The molecule has 0 unspecified atom stereocenters. The van der Waals surface area contributed by atoms with Crippen LogP contribution in [0.15, 0.2) is 30.3 Å². The normalized spacial score (nSPS) is 22.2. The van der Waals surface area contributed by atoms with Crippen molar-refractivity contribution >= 4 is 11.8 Å². The molecule has 0 aromatic heterocycles. The van der Waals surface area contributed by atoms with Crippen LogP contribution in [0.3, 0.4) is 0 Å². The number of likely N-dealkylation sites (N-methyl/N-ethyl adjacent to an activating group) is 1. The summed E-state index contributed by atoms with van der Waals surface area (Å²) in [4.78, 5) is 27.6. The molecule has 136 valence electrons. The first kappa shape index (κ1) is 17.9. The fourth-order valence-electron chi connectivity index (χ4n) is 3.94. The van der Waals surface area contributed by atoms with Crippen LogP contribution in [-0.4, -0.2) is 43.0 Å². The summed E-state index contributed by atoms with van der Waals surface area (Å²) in [6.45, 7) is 6.68. The van der Waals surface area contributed by atoms with E-state index in [0.29, 0.717) is 13.1 Å². The van der Waals surface area contributed by atoms with E-state index >= 15 is 0 Å². The number of benzene rings is 1. The van der Waals surface area contributed by atoms with Gasteiger partial charge >= 0.3 is 0 Å². The van der Waals surface area contributed by atoms with Crippen LogP contribution < -0.4 is 5.32 Å². The average Bonchev–Trinajstić information content (AvgIpc) is 3.34. The fourth-order valence-corrected chi connectivity index (χ4v) is 3.94. The molecule has 2 atom stereocenters. The third-order valence-electron chi connectivity index (χ3n) is 5.74. The molecule has 1 aliphatic heterocycles. The van der Waals surface area contributed by atoms with E-state index in [2.05, 4.69) is 5.32 Å². The topological polar surface area (TPSA) is 58.6 Å². The predicted molar refractivity (Wildman–Crippen MR) is 95.8 cm³/mol. The number of nitrogens with zero attached hydrogens (tertiary/aromatic N) is 1. The van der Waals surface area contributed by atoms with Crippen LogP contribution in [0.25, 0.3) is 0 Å². The number of hydrogen-bond donors (Lipinski definition) is 1. The van der Waals surface area contributed by atoms with Gasteiger partial charge in [-0.1, -0.05) is 30.3 Å². The van der Waals surface area contributed by atoms with Gasteiger partial charge in [-0.05, 0) is 44.1 Å². The Balaban J connectivity index is 1.74. The van der Waals surface area contributed by atoms with E-state index in [1.165, 1.54) is 0 Å². The number of rotatable bonds is 6. The zero-order valence-corrected chi connectivity index (χ0v) is 15.2. The molecule has 5 heteroatoms. The lowest BCUT2D eigenvalue weighted by Crippen LogP contribution is -2.43. The summed E-state index contributed by atoms with van der Waals surface area (Å²) in [7, 11) is 0. The maximum Gasteiger partial charge on any atom is 0.249 e. The minimum Gasteiger partial charge on any atom is -0.381 e. The molecule has 1 aromatic carbocycles. The lowest BCUT2D eigenvalue weighted by molar-refractivity contribution is -0.137. The third-order valence-corrected chi connectivity index (χ3v) is 5.74. The first-order valence-electron chi connectivity index (χ1n) is 9.33. The van der Waals surface area contributed by atoms with Gasteiger partial charge in [-0.2, -0.15) is 0 Å². The molecule has 0 bridgehead atoms. The number of amides is 2. The summed E-state index contributed by atoms with van der Waals surface area (Å²) in [6, 6.07) is 8.93. The van der Waals surface area contributed by atoms with Crippen molar-refractivity contribution in [3.05, 3.63) is 35.9 Å². The Morgan fingerprint density at radius 3 is 2.44 bits per heavy atom. The predicted octanol–water partition coefficient (Wildman–Crippen LogP) is 2.53. The van der Waals surface area contributed by atoms with Crippen LogP contribution in [0.2, 0.25) is 0 Å². The molecular weight excluding hydrogens is 316 g/mol. The molecule has 1 spiro atoms. The molecule has 1 aliphatic carbocycles. The van der Waals surface area contributed by atoms with Crippen molar-refractivity contribution in [1.82, 2.24) is 10.2 Å². The molecule has 1 aromatic rings. The number of ether oxygens (including phenoxy) is 1. The molecule has 5 nitrogen and oxygen atoms in total. The van der Waals surface area contributed by atoms with Gasteiger partial charge in [0.2, 0.25) is 11.8 Å². The van der Waals surface area contributed by atoms with Gasteiger partial charge in [0.25, 0.3) is 0 Å². The highest BCUT2D eigenvalue weighted by Gasteiger charge is 2.58. The van der Waals surface area contributed by atoms with Crippen LogP contribution in [-0.2, 0) is 14.3 Å². The third kappa shape index (κ3) is 3.71. The first-order chi connectivity index (χ1) is 12.1. The zero-order chi connectivity index (χ0) is 17.9. The second kappa shape index (κ2) is 7.56. The maximum absolute atomic E-state index is 12.9. The molecule has 0 radical (unpaired) electrons. The van der Waals surface area contributed by atoms with Crippen LogP contribution in [0.5, 0.6) is 0 Å². The molecule has 1 N–H and O–H groups in total. The van der Waals surface area contributed by atoms with Gasteiger partial charge in [0.1, 0.15) is 6.04 Å². The zero-order valence-electron chi connectivity index (χ0n) is 15.2. The van der Waals surface area contributed by atoms with Gasteiger partial charge in [-0.25, -0.2) is 0 Å². The Morgan fingerprint density at radius 1 is 1.20 bits per heavy atom. The molecule has 2 fully saturated rings. The van der Waals surface area contributed by atoms with Gasteiger partial charge in [-0.15, -0.1) is 0 Å². The van der Waals surface area contributed by atoms with E-state index in [1.807, 2.05) is 44.2 Å². The summed E-state index contributed by atoms with van der Waals surface area (Å²) in [6.07, 6.45) is 2.82. The van der Waals surface area contributed by atoms with E-state index in [1.54, 1.807) is 4.90 Å². The van der Waals surface area contributed by atoms with Crippen molar-refractivity contribution in [2.45, 2.75) is 39.2 Å². The van der Waals surface area contributed by atoms with Crippen molar-refractivity contribution < 1.29 is 14.3 Å². The standard InChI is InChI=1S/C20H28N2O3/c1-3-22(4-2)19(24)17(15-8-6-5-7-9-15)21-18(23)16-14-20(16)10-12-25-13-11-20/h5-9,16-17H,3-4,10-14H2,1-2H3,(H,21,23)/t16-,17-/m1/s1. The van der Waals surface area contributed by atoms with E-state index in [9.17, 15) is 9.59 Å². The average molecular weight is 344 g/mol. The van der Waals surface area contributed by atoms with Gasteiger partial charge in [0.05, 0.1) is 0 Å². The molecule has 1 saturated heterocycles. The highest BCUT2D eigenvalue weighted by molar-refractivity contribution is 5.91. The van der Waals surface area contributed by atoms with Crippen molar-refractivity contribution in [1.29, 1.82) is 0 Å². The maximum atomic E-state index is 12.9. The second-order valence-electron chi connectivity index (χ2n) is 7.09. The minimum absolute atomic E-state index is 0.0104. The van der Waals surface area contributed by atoms with Gasteiger partial charge in [0, 0.05) is 32.2 Å². The smallest absolute Gasteiger partial charge is 0.249 e. The van der Waals surface area contributed by atoms with Crippen molar-refractivity contribution in [2.75, 3.05) is 26.3 Å². The molecule has 25 heavy (non-hydrogen) atoms. The summed E-state index contributed by atoms with van der Waals surface area (Å²) < 4.78 is 5.43. The lowest BCUT2D eigenvalue weighted by atomic mass is 9.93. The molecule has 2 amide bonds. The number of hydrogen-bond acceptors (Lipinski definition) is 3. The fraction of sp³-hybridized carbons (Fsp3) is 0.600. The van der Waals surface area contributed by atoms with E-state index in [4.69, 9.17) is 4.74 Å². The summed E-state index contributed by atoms with van der Waals surface area (Å²) in [5.41, 5.74) is 0.955. The Labute approximate surface area is 149 Å². The van der Waals surface area contributed by atoms with Crippen LogP contribution >= 0.6 is 0 Å². The molecular formula is C20H28N2O3. The highest BCUT2D eigenvalue weighted by Crippen LogP contribution is 2.59. The Hall–Kier alpha value is -1.88. The van der Waals surface area contributed by atoms with Crippen LogP contribution in [0.1, 0.15) is 44.7 Å². The Morgan fingerprint density at radius 2 is 1.84 bits per heavy atom. The van der Waals surface area contributed by atoms with E-state index < -0.39 is 6.04 Å². The monoisotopic (exact) mass is 344 g/mol. The number of carbonyl (C=O) groups is 2. The molecule has 2 aliphatic rings. The first-order valence-corrected chi connectivity index (χ1v) is 9.33. The SMILES string of the molecule is CCN(CC)C(=O)[C@H](NC(=O)[C@H]1CC12CCOCC2)c1ccccc1. The van der Waals surface area contributed by atoms with Gasteiger partial charge in [-0.3, -0.25) is 9.59 Å². The summed E-state index contributed by atoms with van der Waals surface area (Å²) in [5, 5.41) is 3.04. The molecule has 1 heterocycles. The highest BCUT2D eigenvalue weighted by atomic mass is 16.5. The molecule has 3 rings (SSSR count). The van der Waals surface area contributed by atoms with Crippen molar-refractivity contribution in [3.63, 3.8) is 0 Å². The Bertz CT molecular complexity index is 607. The quantitative estimate of drug-likeness (QED) is 0.863. The minimum atomic E-state index is -0.605. The Kier molecular flexibility index (Phi) is 5.42. The molecule has 1 saturated carbocycles. The van der Waals surface area contributed by atoms with Crippen molar-refractivity contribution in [3.8, 4) is 0 Å². The lowest BCUT2D eigenvalue weighted by Gasteiger charge is -2.27. The van der Waals surface area contributed by atoms with Crippen molar-refractivity contribution in [2.24, 2.45) is 11.3 Å². The summed E-state index contributed by atoms with van der Waals surface area (Å²) >= 11 is 0.